The van der Waals surface area contributed by atoms with E-state index in [1.807, 2.05) is 0 Å². The van der Waals surface area contributed by atoms with Crippen molar-refractivity contribution in [2.45, 2.75) is 13.8 Å². The first-order valence-electron chi connectivity index (χ1n) is 4.32. The van der Waals surface area contributed by atoms with Crippen LogP contribution in [0.4, 0.5) is 0 Å². The summed E-state index contributed by atoms with van der Waals surface area (Å²) >= 11 is 0. The van der Waals surface area contributed by atoms with E-state index in [1.165, 1.54) is 7.11 Å². The Morgan fingerprint density at radius 2 is 1.67 bits per heavy atom. The maximum Gasteiger partial charge on any atom is 0.380 e. The fourth-order valence-corrected chi connectivity index (χ4v) is 1.11. The van der Waals surface area contributed by atoms with Crippen LogP contribution in [-0.4, -0.2) is 31.5 Å². The number of hydroxylamine groups is 2. The number of amides is 2. The number of esters is 1. The second kappa shape index (κ2) is 4.33. The van der Waals surface area contributed by atoms with Crippen LogP contribution in [0.2, 0.25) is 0 Å². The van der Waals surface area contributed by atoms with Gasteiger partial charge in [-0.3, -0.25) is 0 Å². The molecule has 0 aromatic rings. The highest BCUT2D eigenvalue weighted by Crippen LogP contribution is 2.06. The predicted octanol–water partition coefficient (Wildman–Crippen LogP) is -1.62. The summed E-state index contributed by atoms with van der Waals surface area (Å²) in [5, 5.41) is -0.296. The SMILES string of the molecule is COC(=O)CO[NH+]1C(=O)C(C)=C(C)C1=O. The Bertz CT molecular complexity index is 334. The molecule has 1 rings (SSSR count). The Labute approximate surface area is 86.4 Å². The van der Waals surface area contributed by atoms with Gasteiger partial charge in [-0.2, -0.15) is 4.84 Å². The third-order valence-electron chi connectivity index (χ3n) is 2.22. The molecule has 0 spiro atoms. The molecule has 0 atom stereocenters. The predicted molar refractivity (Wildman–Crippen MR) is 47.3 cm³/mol. The molecule has 6 heteroatoms. The van der Waals surface area contributed by atoms with Gasteiger partial charge in [-0.25, -0.2) is 14.4 Å². The first kappa shape index (κ1) is 11.5. The van der Waals surface area contributed by atoms with Crippen molar-refractivity contribution in [2.75, 3.05) is 13.7 Å². The topological polar surface area (TPSA) is 74.1 Å². The lowest BCUT2D eigenvalue weighted by Crippen LogP contribution is -3.15. The van der Waals surface area contributed by atoms with Crippen molar-refractivity contribution in [1.29, 1.82) is 0 Å². The highest BCUT2D eigenvalue weighted by molar-refractivity contribution is 6.07. The Kier molecular flexibility index (Phi) is 3.33. The third kappa shape index (κ3) is 2.11. The molecule has 0 saturated heterocycles. The second-order valence-corrected chi connectivity index (χ2v) is 3.10. The van der Waals surface area contributed by atoms with Gasteiger partial charge in [-0.1, -0.05) is 5.06 Å². The van der Waals surface area contributed by atoms with Crippen LogP contribution < -0.4 is 5.06 Å². The van der Waals surface area contributed by atoms with E-state index in [0.29, 0.717) is 11.1 Å². The fourth-order valence-electron chi connectivity index (χ4n) is 1.11. The Balaban J connectivity index is 2.64. The van der Waals surface area contributed by atoms with Gasteiger partial charge >= 0.3 is 17.8 Å². The lowest BCUT2D eigenvalue weighted by Gasteiger charge is -2.05. The first-order valence-corrected chi connectivity index (χ1v) is 4.32. The number of carbonyl (C=O) groups excluding carboxylic acids is 3. The minimum Gasteiger partial charge on any atom is -0.467 e. The van der Waals surface area contributed by atoms with Crippen molar-refractivity contribution < 1.29 is 29.0 Å². The zero-order chi connectivity index (χ0) is 11.6. The molecule has 0 saturated carbocycles. The van der Waals surface area contributed by atoms with Crippen LogP contribution in [0.15, 0.2) is 11.1 Å². The number of hydrogen-bond donors (Lipinski definition) is 1. The zero-order valence-corrected chi connectivity index (χ0v) is 8.75. The van der Waals surface area contributed by atoms with Crippen LogP contribution in [-0.2, 0) is 24.0 Å². The molecule has 0 unspecified atom stereocenters. The molecule has 0 radical (unpaired) electrons. The number of quaternary nitrogens is 1. The maximum atomic E-state index is 11.4. The van der Waals surface area contributed by atoms with E-state index < -0.39 is 24.4 Å². The number of hydrogen-bond acceptors (Lipinski definition) is 5. The number of methoxy groups -OCH3 is 1. The average Bonchev–Trinajstić information content (AvgIpc) is 2.41. The zero-order valence-electron chi connectivity index (χ0n) is 8.75. The molecule has 1 aliphatic rings. The van der Waals surface area contributed by atoms with E-state index in [9.17, 15) is 14.4 Å². The molecule has 0 aromatic carbocycles. The van der Waals surface area contributed by atoms with Crippen molar-refractivity contribution in [3.63, 3.8) is 0 Å². The van der Waals surface area contributed by atoms with Crippen molar-refractivity contribution in [3.05, 3.63) is 11.1 Å². The van der Waals surface area contributed by atoms with E-state index in [0.717, 1.165) is 0 Å². The number of nitrogens with one attached hydrogen (secondary N) is 1. The molecular formula is C9H12NO5+. The monoisotopic (exact) mass is 214 g/mol. The molecule has 15 heavy (non-hydrogen) atoms. The quantitative estimate of drug-likeness (QED) is 0.451. The number of rotatable bonds is 3. The van der Waals surface area contributed by atoms with Crippen LogP contribution >= 0.6 is 0 Å². The molecule has 1 heterocycles. The van der Waals surface area contributed by atoms with Gasteiger partial charge in [0.05, 0.1) is 18.3 Å². The number of ether oxygens (including phenoxy) is 1. The molecule has 6 nitrogen and oxygen atoms in total. The number of carbonyl (C=O) groups is 3. The van der Waals surface area contributed by atoms with Gasteiger partial charge in [-0.15, -0.1) is 0 Å². The van der Waals surface area contributed by atoms with Crippen molar-refractivity contribution in [2.24, 2.45) is 0 Å². The summed E-state index contributed by atoms with van der Waals surface area (Å²) in [5.41, 5.74) is 0.722. The van der Waals surface area contributed by atoms with Crippen LogP contribution in [0.5, 0.6) is 0 Å². The Hall–Kier alpha value is -1.53. The molecule has 1 aliphatic heterocycles. The van der Waals surface area contributed by atoms with E-state index in [2.05, 4.69) is 4.74 Å². The molecular weight excluding hydrogens is 202 g/mol. The molecule has 0 aromatic heterocycles. The first-order chi connectivity index (χ1) is 6.99. The van der Waals surface area contributed by atoms with E-state index in [-0.39, 0.29) is 5.06 Å². The maximum absolute atomic E-state index is 11.4. The van der Waals surface area contributed by atoms with Crippen LogP contribution in [0.1, 0.15) is 13.8 Å². The van der Waals surface area contributed by atoms with Gasteiger partial charge in [0.2, 0.25) is 6.61 Å². The molecule has 0 fully saturated rings. The summed E-state index contributed by atoms with van der Waals surface area (Å²) in [4.78, 5) is 38.4. The minimum atomic E-state index is -0.634. The number of imide groups is 1. The van der Waals surface area contributed by atoms with Crippen molar-refractivity contribution in [3.8, 4) is 0 Å². The van der Waals surface area contributed by atoms with E-state index >= 15 is 0 Å². The van der Waals surface area contributed by atoms with Gasteiger partial charge < -0.3 is 4.74 Å². The fraction of sp³-hybridized carbons (Fsp3) is 0.444. The van der Waals surface area contributed by atoms with E-state index in [1.54, 1.807) is 13.8 Å². The van der Waals surface area contributed by atoms with Crippen molar-refractivity contribution in [1.82, 2.24) is 0 Å². The summed E-state index contributed by atoms with van der Waals surface area (Å²) < 4.78 is 4.32. The normalized spacial score (nSPS) is 17.5. The largest absolute Gasteiger partial charge is 0.467 e. The summed E-state index contributed by atoms with van der Waals surface area (Å²) in [6, 6.07) is 0. The average molecular weight is 214 g/mol. The standard InChI is InChI=1S/C9H11NO5/c1-5-6(2)9(13)10(8(5)12)15-4-7(11)14-3/h4H2,1-3H3/p+1. The summed E-state index contributed by atoms with van der Waals surface area (Å²) in [6.07, 6.45) is 0. The van der Waals surface area contributed by atoms with Gasteiger partial charge in [0.1, 0.15) is 0 Å². The summed E-state index contributed by atoms with van der Waals surface area (Å²) in [6.45, 7) is 2.66. The molecule has 1 N–H and O–H groups in total. The van der Waals surface area contributed by atoms with Gasteiger partial charge in [0, 0.05) is 0 Å². The molecule has 82 valence electrons. The summed E-state index contributed by atoms with van der Waals surface area (Å²) in [5.74, 6) is -1.55. The van der Waals surface area contributed by atoms with E-state index in [4.69, 9.17) is 4.84 Å². The lowest BCUT2D eigenvalue weighted by atomic mass is 10.2. The molecule has 2 amide bonds. The summed E-state index contributed by atoms with van der Waals surface area (Å²) in [7, 11) is 1.20. The lowest BCUT2D eigenvalue weighted by molar-refractivity contribution is -0.952. The molecule has 0 bridgehead atoms. The third-order valence-corrected chi connectivity index (χ3v) is 2.22. The van der Waals surface area contributed by atoms with Crippen LogP contribution in [0.3, 0.4) is 0 Å². The molecule has 0 aliphatic carbocycles. The Morgan fingerprint density at radius 1 is 1.20 bits per heavy atom. The minimum absolute atomic E-state index is 0.296. The van der Waals surface area contributed by atoms with Crippen molar-refractivity contribution >= 4 is 17.8 Å². The Morgan fingerprint density at radius 3 is 2.07 bits per heavy atom. The van der Waals surface area contributed by atoms with Crippen LogP contribution in [0, 0.1) is 0 Å². The van der Waals surface area contributed by atoms with Gasteiger partial charge in [0.25, 0.3) is 0 Å². The van der Waals surface area contributed by atoms with Gasteiger partial charge in [-0.05, 0) is 13.8 Å². The highest BCUT2D eigenvalue weighted by atomic mass is 16.7. The van der Waals surface area contributed by atoms with Crippen LogP contribution in [0.25, 0.3) is 0 Å². The highest BCUT2D eigenvalue weighted by Gasteiger charge is 2.42. The second-order valence-electron chi connectivity index (χ2n) is 3.10. The van der Waals surface area contributed by atoms with Gasteiger partial charge in [0.15, 0.2) is 0 Å². The smallest absolute Gasteiger partial charge is 0.380 e.